The number of carbonyl (C=O) groups excluding carboxylic acids is 1. The fourth-order valence-corrected chi connectivity index (χ4v) is 5.52. The zero-order valence-electron chi connectivity index (χ0n) is 17.9. The first-order valence-corrected chi connectivity index (χ1v) is 11.1. The number of morpholine rings is 1. The van der Waals surface area contributed by atoms with Gasteiger partial charge >= 0.3 is 0 Å². The van der Waals surface area contributed by atoms with Crippen LogP contribution < -0.4 is 10.2 Å². The van der Waals surface area contributed by atoms with E-state index in [1.165, 1.54) is 6.33 Å². The molecule has 31 heavy (non-hydrogen) atoms. The summed E-state index contributed by atoms with van der Waals surface area (Å²) in [6.45, 7) is 7.14. The van der Waals surface area contributed by atoms with Gasteiger partial charge < -0.3 is 19.5 Å². The molecule has 1 amide bonds. The third-order valence-electron chi connectivity index (χ3n) is 7.18. The predicted molar refractivity (Wildman–Crippen MR) is 110 cm³/mol. The maximum Gasteiger partial charge on any atom is 0.266 e. The first-order valence-electron chi connectivity index (χ1n) is 11.1. The smallest absolute Gasteiger partial charge is 0.266 e. The molecule has 4 heterocycles. The van der Waals surface area contributed by atoms with Gasteiger partial charge in [0, 0.05) is 39.1 Å². The molecule has 5 rings (SSSR count). The zero-order valence-corrected chi connectivity index (χ0v) is 17.9. The van der Waals surface area contributed by atoms with Gasteiger partial charge in [0.05, 0.1) is 25.2 Å². The van der Waals surface area contributed by atoms with E-state index in [0.717, 1.165) is 58.5 Å². The number of H-pyrrole nitrogens is 1. The first-order chi connectivity index (χ1) is 15.1. The second-order valence-corrected chi connectivity index (χ2v) is 8.87. The lowest BCUT2D eigenvalue weighted by molar-refractivity contribution is -0.139. The van der Waals surface area contributed by atoms with Crippen LogP contribution in [0, 0.1) is 18.3 Å². The second kappa shape index (κ2) is 8.54. The summed E-state index contributed by atoms with van der Waals surface area (Å²) >= 11 is 0. The number of aromatic nitrogens is 5. The van der Waals surface area contributed by atoms with Crippen LogP contribution in [-0.2, 0) is 16.1 Å². The Labute approximate surface area is 180 Å². The van der Waals surface area contributed by atoms with E-state index < -0.39 is 5.41 Å². The fraction of sp³-hybridized carbons (Fsp3) is 0.750. The van der Waals surface area contributed by atoms with Gasteiger partial charge in [-0.15, -0.1) is 0 Å². The molecule has 2 aliphatic heterocycles. The monoisotopic (exact) mass is 430 g/mol. The van der Waals surface area contributed by atoms with Crippen molar-refractivity contribution in [2.24, 2.45) is 11.3 Å². The number of nitrogens with zero attached hydrogens (tertiary/aromatic N) is 6. The van der Waals surface area contributed by atoms with E-state index in [9.17, 15) is 4.79 Å². The van der Waals surface area contributed by atoms with Crippen LogP contribution in [0.15, 0.2) is 10.9 Å². The third kappa shape index (κ3) is 4.03. The van der Waals surface area contributed by atoms with E-state index >= 15 is 0 Å². The Morgan fingerprint density at radius 1 is 1.32 bits per heavy atom. The summed E-state index contributed by atoms with van der Waals surface area (Å²) in [5, 5.41) is 13.9. The molecular formula is C20H30N8O3. The van der Waals surface area contributed by atoms with Gasteiger partial charge in [-0.3, -0.25) is 14.8 Å². The summed E-state index contributed by atoms with van der Waals surface area (Å²) in [7, 11) is 0. The molecule has 0 radical (unpaired) electrons. The third-order valence-corrected chi connectivity index (χ3v) is 7.18. The topological polar surface area (TPSA) is 125 Å². The summed E-state index contributed by atoms with van der Waals surface area (Å²) in [5.41, 5.74) is -0.477. The van der Waals surface area contributed by atoms with Crippen molar-refractivity contribution in [2.45, 2.75) is 45.2 Å². The number of amides is 1. The molecule has 3 aliphatic rings. The molecular weight excluding hydrogens is 400 g/mol. The van der Waals surface area contributed by atoms with Crippen molar-refractivity contribution in [2.75, 3.05) is 44.3 Å². The van der Waals surface area contributed by atoms with Gasteiger partial charge in [-0.25, -0.2) is 4.98 Å². The van der Waals surface area contributed by atoms with Crippen LogP contribution in [0.1, 0.15) is 37.4 Å². The van der Waals surface area contributed by atoms with Crippen LogP contribution in [-0.4, -0.2) is 81.6 Å². The van der Waals surface area contributed by atoms with E-state index in [1.807, 2.05) is 0 Å². The Bertz CT molecular complexity index is 881. The molecule has 11 heteroatoms. The highest BCUT2D eigenvalue weighted by molar-refractivity contribution is 5.84. The number of hydrogen-bond acceptors (Lipinski definition) is 9. The molecule has 168 valence electrons. The van der Waals surface area contributed by atoms with Crippen LogP contribution in [0.3, 0.4) is 0 Å². The van der Waals surface area contributed by atoms with Gasteiger partial charge in [-0.1, -0.05) is 0 Å². The van der Waals surface area contributed by atoms with Gasteiger partial charge in [-0.05, 0) is 36.8 Å². The number of ether oxygens (including phenoxy) is 1. The number of rotatable bonds is 5. The molecule has 11 nitrogen and oxygen atoms in total. The maximum absolute atomic E-state index is 13.6. The first kappa shape index (κ1) is 20.4. The van der Waals surface area contributed by atoms with Crippen molar-refractivity contribution in [3.63, 3.8) is 0 Å². The van der Waals surface area contributed by atoms with Crippen molar-refractivity contribution in [3.05, 3.63) is 18.0 Å². The molecule has 2 N–H and O–H groups in total. The zero-order chi connectivity index (χ0) is 21.3. The number of aryl methyl sites for hydroxylation is 1. The molecule has 1 saturated carbocycles. The fourth-order valence-electron chi connectivity index (χ4n) is 5.52. The molecule has 0 aromatic carbocycles. The molecule has 0 bridgehead atoms. The number of hydrogen-bond donors (Lipinski definition) is 2. The van der Waals surface area contributed by atoms with Gasteiger partial charge in [0.1, 0.15) is 12.2 Å². The number of fused-ring (bicyclic) bond motifs is 1. The van der Waals surface area contributed by atoms with Gasteiger partial charge in [-0.2, -0.15) is 10.1 Å². The quantitative estimate of drug-likeness (QED) is 0.698. The Morgan fingerprint density at radius 3 is 2.94 bits per heavy atom. The summed E-state index contributed by atoms with van der Waals surface area (Å²) in [6, 6.07) is 0.517. The van der Waals surface area contributed by atoms with E-state index in [4.69, 9.17) is 9.26 Å². The Kier molecular flexibility index (Phi) is 5.61. The van der Waals surface area contributed by atoms with Crippen LogP contribution >= 0.6 is 0 Å². The predicted octanol–water partition coefficient (Wildman–Crippen LogP) is 0.510. The minimum Gasteiger partial charge on any atom is -0.379 e. The van der Waals surface area contributed by atoms with Crippen LogP contribution in [0.5, 0.6) is 0 Å². The van der Waals surface area contributed by atoms with Crippen LogP contribution in [0.2, 0.25) is 0 Å². The number of anilines is 1. The molecule has 1 aliphatic carbocycles. The summed E-state index contributed by atoms with van der Waals surface area (Å²) in [5.74, 6) is 2.17. The molecule has 3 atom stereocenters. The van der Waals surface area contributed by atoms with E-state index in [0.29, 0.717) is 42.7 Å². The normalized spacial score (nSPS) is 29.5. The molecule has 3 fully saturated rings. The number of piperidine rings is 1. The lowest BCUT2D eigenvalue weighted by Crippen LogP contribution is -2.61. The highest BCUT2D eigenvalue weighted by Crippen LogP contribution is 2.48. The van der Waals surface area contributed by atoms with Crippen molar-refractivity contribution in [3.8, 4) is 0 Å². The number of nitrogens with one attached hydrogen (secondary N) is 2. The van der Waals surface area contributed by atoms with Crippen molar-refractivity contribution >= 4 is 11.9 Å². The maximum atomic E-state index is 13.6. The largest absolute Gasteiger partial charge is 0.379 e. The average Bonchev–Trinajstić information content (AvgIpc) is 3.49. The van der Waals surface area contributed by atoms with Crippen molar-refractivity contribution in [1.82, 2.24) is 35.5 Å². The standard InChI is InChI=1S/C20H30N8O3/c1-14-24-19(26-31-14)28-5-3-15-10-16(27-6-8-30-9-7-27)2-4-20(15,12-28)18(29)21-11-17-22-13-23-25-17/h13,15-16H,2-12H2,1H3,(H,21,29)(H,22,23,25)/t15-,16+,20-/m1/s1. The van der Waals surface area contributed by atoms with Crippen LogP contribution in [0.4, 0.5) is 5.95 Å². The highest BCUT2D eigenvalue weighted by Gasteiger charge is 2.53. The molecule has 0 unspecified atom stereocenters. The van der Waals surface area contributed by atoms with Gasteiger partial charge in [0.25, 0.3) is 5.95 Å². The number of aromatic amines is 1. The van der Waals surface area contributed by atoms with Crippen LogP contribution in [0.25, 0.3) is 0 Å². The van der Waals surface area contributed by atoms with Gasteiger partial charge in [0.2, 0.25) is 11.8 Å². The molecule has 2 saturated heterocycles. The minimum absolute atomic E-state index is 0.0826. The lowest BCUT2D eigenvalue weighted by atomic mass is 9.61. The SMILES string of the molecule is Cc1nc(N2CC[C@@H]3C[C@@H](N4CCOCC4)CC[C@@]3(C(=O)NCc3ncn[nH]3)C2)no1. The second-order valence-electron chi connectivity index (χ2n) is 8.87. The van der Waals surface area contributed by atoms with Gasteiger partial charge in [0.15, 0.2) is 0 Å². The summed E-state index contributed by atoms with van der Waals surface area (Å²) < 4.78 is 10.7. The van der Waals surface area contributed by atoms with E-state index in [-0.39, 0.29) is 5.91 Å². The van der Waals surface area contributed by atoms with E-state index in [1.54, 1.807) is 6.92 Å². The average molecular weight is 431 g/mol. The number of carbonyl (C=O) groups is 1. The highest BCUT2D eigenvalue weighted by atomic mass is 16.5. The molecule has 2 aromatic rings. The Balaban J connectivity index is 1.35. The Morgan fingerprint density at radius 2 is 2.19 bits per heavy atom. The van der Waals surface area contributed by atoms with Crippen molar-refractivity contribution < 1.29 is 14.1 Å². The molecule has 0 spiro atoms. The van der Waals surface area contributed by atoms with Crippen molar-refractivity contribution in [1.29, 1.82) is 0 Å². The minimum atomic E-state index is -0.477. The molecule has 2 aromatic heterocycles. The van der Waals surface area contributed by atoms with E-state index in [2.05, 4.69) is 40.4 Å². The lowest BCUT2D eigenvalue weighted by Gasteiger charge is -2.52. The summed E-state index contributed by atoms with van der Waals surface area (Å²) in [4.78, 5) is 26.8. The summed E-state index contributed by atoms with van der Waals surface area (Å²) in [6.07, 6.45) is 5.27. The Hall–Kier alpha value is -2.53.